The molecule has 1 aromatic carbocycles. The van der Waals surface area contributed by atoms with Gasteiger partial charge in [0, 0.05) is 26.2 Å². The van der Waals surface area contributed by atoms with Crippen LogP contribution in [0.25, 0.3) is 0 Å². The van der Waals surface area contributed by atoms with Gasteiger partial charge in [-0.05, 0) is 49.8 Å². The lowest BCUT2D eigenvalue weighted by Gasteiger charge is -2.26. The van der Waals surface area contributed by atoms with Gasteiger partial charge in [-0.15, -0.1) is 0 Å². The minimum Gasteiger partial charge on any atom is -0.376 e. The van der Waals surface area contributed by atoms with Crippen LogP contribution in [0.4, 0.5) is 0 Å². The zero-order valence-corrected chi connectivity index (χ0v) is 16.9. The van der Waals surface area contributed by atoms with E-state index in [1.54, 1.807) is 0 Å². The predicted octanol–water partition coefficient (Wildman–Crippen LogP) is 4.16. The molecule has 0 N–H and O–H groups in total. The number of nitrogens with zero attached hydrogens (tertiary/aromatic N) is 3. The highest BCUT2D eigenvalue weighted by atomic mass is 16.5. The SMILES string of the molecule is CCn1nc(C(C)C)cc1C(=O)N(Cc1ccccc1C)C[C@H]1CCCO1. The maximum Gasteiger partial charge on any atom is 0.272 e. The van der Waals surface area contributed by atoms with E-state index in [0.29, 0.717) is 31.2 Å². The third-order valence-corrected chi connectivity index (χ3v) is 5.27. The normalized spacial score (nSPS) is 16.9. The molecule has 1 atom stereocenters. The molecule has 1 amide bonds. The monoisotopic (exact) mass is 369 g/mol. The van der Waals surface area contributed by atoms with Crippen molar-refractivity contribution in [3.63, 3.8) is 0 Å². The van der Waals surface area contributed by atoms with Gasteiger partial charge in [0.1, 0.15) is 5.69 Å². The number of ether oxygens (including phenoxy) is 1. The van der Waals surface area contributed by atoms with Crippen LogP contribution in [-0.2, 0) is 17.8 Å². The number of amides is 1. The lowest BCUT2D eigenvalue weighted by molar-refractivity contribution is 0.0497. The summed E-state index contributed by atoms with van der Waals surface area (Å²) in [5.41, 5.74) is 4.02. The minimum absolute atomic E-state index is 0.0370. The fourth-order valence-electron chi connectivity index (χ4n) is 3.54. The highest BCUT2D eigenvalue weighted by Gasteiger charge is 2.26. The van der Waals surface area contributed by atoms with E-state index in [1.165, 1.54) is 11.1 Å². The van der Waals surface area contributed by atoms with Crippen molar-refractivity contribution in [3.8, 4) is 0 Å². The Hall–Kier alpha value is -2.14. The highest BCUT2D eigenvalue weighted by molar-refractivity contribution is 5.92. The standard InChI is InChI=1S/C22H31N3O2/c1-5-25-21(13-20(23-25)16(2)3)22(26)24(15-19-11-8-12-27-19)14-18-10-7-6-9-17(18)4/h6-7,9-10,13,16,19H,5,8,11-12,14-15H2,1-4H3/t19-/m1/s1. The summed E-state index contributed by atoms with van der Waals surface area (Å²) in [5, 5.41) is 4.63. The van der Waals surface area contributed by atoms with Crippen LogP contribution >= 0.6 is 0 Å². The molecule has 0 saturated carbocycles. The van der Waals surface area contributed by atoms with Crippen LogP contribution in [0.5, 0.6) is 0 Å². The Kier molecular flexibility index (Phi) is 6.32. The number of rotatable bonds is 7. The Bertz CT molecular complexity index is 776. The fraction of sp³-hybridized carbons (Fsp3) is 0.545. The number of hydrogen-bond acceptors (Lipinski definition) is 3. The van der Waals surface area contributed by atoms with Crippen LogP contribution in [0.2, 0.25) is 0 Å². The lowest BCUT2D eigenvalue weighted by atomic mass is 10.1. The van der Waals surface area contributed by atoms with Crippen LogP contribution in [0.1, 0.15) is 66.8 Å². The smallest absolute Gasteiger partial charge is 0.272 e. The Morgan fingerprint density at radius 3 is 2.78 bits per heavy atom. The Morgan fingerprint density at radius 2 is 2.15 bits per heavy atom. The molecule has 1 fully saturated rings. The summed E-state index contributed by atoms with van der Waals surface area (Å²) < 4.78 is 7.65. The van der Waals surface area contributed by atoms with Crippen molar-refractivity contribution in [3.05, 3.63) is 52.8 Å². The summed E-state index contributed by atoms with van der Waals surface area (Å²) in [7, 11) is 0. The fourth-order valence-corrected chi connectivity index (χ4v) is 3.54. The number of carbonyl (C=O) groups is 1. The van der Waals surface area contributed by atoms with Crippen molar-refractivity contribution in [2.45, 2.75) is 65.6 Å². The third kappa shape index (κ3) is 4.59. The molecular weight excluding hydrogens is 338 g/mol. The van der Waals surface area contributed by atoms with Crippen molar-refractivity contribution in [2.24, 2.45) is 0 Å². The van der Waals surface area contributed by atoms with E-state index in [4.69, 9.17) is 4.74 Å². The van der Waals surface area contributed by atoms with Crippen LogP contribution in [0.15, 0.2) is 30.3 Å². The molecule has 1 aliphatic heterocycles. The molecular formula is C22H31N3O2. The van der Waals surface area contributed by atoms with Gasteiger partial charge in [0.15, 0.2) is 0 Å². The molecule has 0 bridgehead atoms. The first-order valence-corrected chi connectivity index (χ1v) is 10.0. The zero-order chi connectivity index (χ0) is 19.4. The second-order valence-corrected chi connectivity index (χ2v) is 7.67. The number of hydrogen-bond donors (Lipinski definition) is 0. The maximum atomic E-state index is 13.5. The largest absolute Gasteiger partial charge is 0.376 e. The Balaban J connectivity index is 1.89. The summed E-state index contributed by atoms with van der Waals surface area (Å²) >= 11 is 0. The van der Waals surface area contributed by atoms with Crippen LogP contribution < -0.4 is 0 Å². The molecule has 1 aliphatic rings. The molecule has 0 spiro atoms. The second-order valence-electron chi connectivity index (χ2n) is 7.67. The molecule has 0 unspecified atom stereocenters. The molecule has 0 radical (unpaired) electrons. The average Bonchev–Trinajstić information content (AvgIpc) is 3.31. The summed E-state index contributed by atoms with van der Waals surface area (Å²) in [4.78, 5) is 15.4. The Labute approximate surface area is 162 Å². The predicted molar refractivity (Wildman–Crippen MR) is 107 cm³/mol. The van der Waals surface area contributed by atoms with E-state index in [-0.39, 0.29) is 12.0 Å². The third-order valence-electron chi connectivity index (χ3n) is 5.27. The van der Waals surface area contributed by atoms with Crippen LogP contribution in [0, 0.1) is 6.92 Å². The van der Waals surface area contributed by atoms with E-state index in [1.807, 2.05) is 34.7 Å². The summed E-state index contributed by atoms with van der Waals surface area (Å²) in [5.74, 6) is 0.335. The lowest BCUT2D eigenvalue weighted by Crippen LogP contribution is -2.38. The van der Waals surface area contributed by atoms with Gasteiger partial charge in [-0.25, -0.2) is 0 Å². The first-order valence-electron chi connectivity index (χ1n) is 10.0. The Morgan fingerprint density at radius 1 is 1.37 bits per heavy atom. The molecule has 0 aliphatic carbocycles. The topological polar surface area (TPSA) is 47.4 Å². The van der Waals surface area contributed by atoms with Gasteiger partial charge >= 0.3 is 0 Å². The number of aromatic nitrogens is 2. The van der Waals surface area contributed by atoms with Gasteiger partial charge < -0.3 is 9.64 Å². The highest BCUT2D eigenvalue weighted by Crippen LogP contribution is 2.21. The minimum atomic E-state index is 0.0370. The van der Waals surface area contributed by atoms with Crippen molar-refractivity contribution < 1.29 is 9.53 Å². The van der Waals surface area contributed by atoms with Crippen molar-refractivity contribution in [2.75, 3.05) is 13.2 Å². The number of aryl methyl sites for hydroxylation is 2. The molecule has 1 saturated heterocycles. The maximum absolute atomic E-state index is 13.5. The van der Waals surface area contributed by atoms with Crippen molar-refractivity contribution >= 4 is 5.91 Å². The summed E-state index contributed by atoms with van der Waals surface area (Å²) in [6, 6.07) is 10.2. The van der Waals surface area contributed by atoms with Crippen LogP contribution in [0.3, 0.4) is 0 Å². The van der Waals surface area contributed by atoms with Gasteiger partial charge in [0.05, 0.1) is 11.8 Å². The van der Waals surface area contributed by atoms with E-state index >= 15 is 0 Å². The van der Waals surface area contributed by atoms with Gasteiger partial charge in [-0.2, -0.15) is 5.10 Å². The number of benzene rings is 1. The molecule has 146 valence electrons. The quantitative estimate of drug-likeness (QED) is 0.736. The first-order chi connectivity index (χ1) is 13.0. The van der Waals surface area contributed by atoms with Gasteiger partial charge in [0.2, 0.25) is 0 Å². The molecule has 5 nitrogen and oxygen atoms in total. The van der Waals surface area contributed by atoms with E-state index in [0.717, 1.165) is 25.1 Å². The van der Waals surface area contributed by atoms with Gasteiger partial charge in [-0.1, -0.05) is 38.1 Å². The van der Waals surface area contributed by atoms with E-state index < -0.39 is 0 Å². The zero-order valence-electron chi connectivity index (χ0n) is 16.9. The molecule has 5 heteroatoms. The molecule has 1 aromatic heterocycles. The van der Waals surface area contributed by atoms with Gasteiger partial charge in [0.25, 0.3) is 5.91 Å². The van der Waals surface area contributed by atoms with E-state index in [2.05, 4.69) is 38.0 Å². The molecule has 2 heterocycles. The van der Waals surface area contributed by atoms with E-state index in [9.17, 15) is 4.79 Å². The summed E-state index contributed by atoms with van der Waals surface area (Å²) in [6.07, 6.45) is 2.21. The average molecular weight is 370 g/mol. The first kappa shape index (κ1) is 19.6. The second kappa shape index (κ2) is 8.70. The van der Waals surface area contributed by atoms with Crippen LogP contribution in [-0.4, -0.2) is 39.8 Å². The van der Waals surface area contributed by atoms with Crippen molar-refractivity contribution in [1.82, 2.24) is 14.7 Å². The molecule has 27 heavy (non-hydrogen) atoms. The van der Waals surface area contributed by atoms with Crippen molar-refractivity contribution in [1.29, 1.82) is 0 Å². The molecule has 2 aromatic rings. The summed E-state index contributed by atoms with van der Waals surface area (Å²) in [6.45, 7) is 11.0. The molecule has 3 rings (SSSR count). The number of carbonyl (C=O) groups excluding carboxylic acids is 1. The van der Waals surface area contributed by atoms with Gasteiger partial charge in [-0.3, -0.25) is 9.48 Å².